The van der Waals surface area contributed by atoms with Gasteiger partial charge in [-0.3, -0.25) is 4.79 Å². The Kier molecular flexibility index (Phi) is 3.87. The number of rotatable bonds is 2. The molecule has 0 fully saturated rings. The number of fused-ring (bicyclic) bond motifs is 4. The summed E-state index contributed by atoms with van der Waals surface area (Å²) in [5, 5.41) is 13.8. The van der Waals surface area contributed by atoms with Gasteiger partial charge >= 0.3 is 0 Å². The largest absolute Gasteiger partial charge is 0.289 e. The predicted molar refractivity (Wildman–Crippen MR) is 153 cm³/mol. The molecule has 0 aromatic heterocycles. The van der Waals surface area contributed by atoms with Gasteiger partial charge in [-0.15, -0.1) is 0 Å². The lowest BCUT2D eigenvalue weighted by Crippen LogP contribution is -2.04. The molecule has 0 atom stereocenters. The summed E-state index contributed by atoms with van der Waals surface area (Å²) in [7, 11) is 0. The lowest BCUT2D eigenvalue weighted by atomic mass is 9.85. The second-order valence-electron chi connectivity index (χ2n) is 9.66. The first-order valence-electron chi connectivity index (χ1n) is 12.3. The molecule has 8 aromatic rings. The highest BCUT2D eigenvalue weighted by molar-refractivity contribution is 6.37. The van der Waals surface area contributed by atoms with Gasteiger partial charge in [-0.2, -0.15) is 0 Å². The molecule has 0 radical (unpaired) electrons. The van der Waals surface area contributed by atoms with Crippen LogP contribution in [0.2, 0.25) is 0 Å². The van der Waals surface area contributed by atoms with Crippen molar-refractivity contribution in [2.75, 3.05) is 0 Å². The normalized spacial score (nSPS) is 12.0. The van der Waals surface area contributed by atoms with Crippen molar-refractivity contribution in [2.24, 2.45) is 0 Å². The van der Waals surface area contributed by atoms with E-state index in [1.807, 2.05) is 24.3 Å². The maximum absolute atomic E-state index is 14.4. The van der Waals surface area contributed by atoms with Gasteiger partial charge in [0.1, 0.15) is 0 Å². The molecule has 166 valence electrons. The SMILES string of the molecule is O=C(c1cccc2cc3ccccc3cc12)c1ccc2cccc3c4cccc5cccc(c1c23)c54. The van der Waals surface area contributed by atoms with E-state index in [2.05, 4.69) is 97.1 Å². The Morgan fingerprint density at radius 1 is 0.361 bits per heavy atom. The molecule has 8 aromatic carbocycles. The highest BCUT2D eigenvalue weighted by atomic mass is 16.1. The predicted octanol–water partition coefficient (Wildman–Crippen LogP) is 9.27. The number of carbonyl (C=O) groups is 1. The van der Waals surface area contributed by atoms with Gasteiger partial charge in [0, 0.05) is 16.5 Å². The third kappa shape index (κ3) is 2.57. The lowest BCUT2D eigenvalue weighted by molar-refractivity contribution is 0.104. The Labute approximate surface area is 207 Å². The summed E-state index contributed by atoms with van der Waals surface area (Å²) in [4.78, 5) is 14.4. The van der Waals surface area contributed by atoms with Crippen molar-refractivity contribution in [3.63, 3.8) is 0 Å². The van der Waals surface area contributed by atoms with E-state index in [0.29, 0.717) is 0 Å². The van der Waals surface area contributed by atoms with E-state index in [9.17, 15) is 4.79 Å². The highest BCUT2D eigenvalue weighted by Crippen LogP contribution is 2.42. The van der Waals surface area contributed by atoms with E-state index in [-0.39, 0.29) is 5.78 Å². The summed E-state index contributed by atoms with van der Waals surface area (Å²) in [5.41, 5.74) is 1.51. The quantitative estimate of drug-likeness (QED) is 0.144. The first kappa shape index (κ1) is 19.5. The Bertz CT molecular complexity index is 2160. The van der Waals surface area contributed by atoms with E-state index < -0.39 is 0 Å². The Morgan fingerprint density at radius 2 is 0.944 bits per heavy atom. The van der Waals surface area contributed by atoms with E-state index in [1.165, 1.54) is 32.3 Å². The number of ketones is 1. The van der Waals surface area contributed by atoms with Crippen LogP contribution < -0.4 is 0 Å². The Hall–Kier alpha value is -4.75. The van der Waals surface area contributed by atoms with E-state index in [4.69, 9.17) is 0 Å². The third-order valence-corrected chi connectivity index (χ3v) is 7.75. The van der Waals surface area contributed by atoms with Crippen LogP contribution in [0.4, 0.5) is 0 Å². The van der Waals surface area contributed by atoms with Gasteiger partial charge in [-0.1, -0.05) is 103 Å². The van der Waals surface area contributed by atoms with E-state index in [1.54, 1.807) is 0 Å². The summed E-state index contributed by atoms with van der Waals surface area (Å²) in [6.07, 6.45) is 0. The van der Waals surface area contributed by atoms with Crippen molar-refractivity contribution >= 4 is 70.4 Å². The van der Waals surface area contributed by atoms with Crippen LogP contribution in [0.15, 0.2) is 121 Å². The minimum Gasteiger partial charge on any atom is -0.289 e. The van der Waals surface area contributed by atoms with Crippen LogP contribution in [0.3, 0.4) is 0 Å². The van der Waals surface area contributed by atoms with Crippen molar-refractivity contribution < 1.29 is 4.79 Å². The fourth-order valence-corrected chi connectivity index (χ4v) is 6.16. The molecule has 0 saturated carbocycles. The van der Waals surface area contributed by atoms with Gasteiger partial charge in [0.25, 0.3) is 0 Å². The molecular weight excluding hydrogens is 436 g/mol. The lowest BCUT2D eigenvalue weighted by Gasteiger charge is -2.17. The van der Waals surface area contributed by atoms with Crippen molar-refractivity contribution in [1.82, 2.24) is 0 Å². The maximum atomic E-state index is 14.4. The molecule has 0 amide bonds. The summed E-state index contributed by atoms with van der Waals surface area (Å²) in [6.45, 7) is 0. The molecule has 0 N–H and O–H groups in total. The van der Waals surface area contributed by atoms with Crippen LogP contribution in [-0.2, 0) is 0 Å². The fourth-order valence-electron chi connectivity index (χ4n) is 6.16. The molecule has 0 saturated heterocycles. The molecule has 0 bridgehead atoms. The minimum absolute atomic E-state index is 0.0685. The fraction of sp³-hybridized carbons (Fsp3) is 0. The maximum Gasteiger partial charge on any atom is 0.194 e. The molecule has 0 spiro atoms. The number of carbonyl (C=O) groups excluding carboxylic acids is 1. The second-order valence-corrected chi connectivity index (χ2v) is 9.66. The summed E-state index contributed by atoms with van der Waals surface area (Å²) in [6, 6.07) is 42.2. The Morgan fingerprint density at radius 3 is 1.72 bits per heavy atom. The van der Waals surface area contributed by atoms with Gasteiger partial charge in [0.2, 0.25) is 0 Å². The number of hydrogen-bond acceptors (Lipinski definition) is 1. The molecule has 0 heterocycles. The highest BCUT2D eigenvalue weighted by Gasteiger charge is 2.21. The monoisotopic (exact) mass is 456 g/mol. The van der Waals surface area contributed by atoms with Crippen LogP contribution in [0, 0.1) is 0 Å². The zero-order valence-corrected chi connectivity index (χ0v) is 19.5. The first-order valence-corrected chi connectivity index (χ1v) is 12.3. The molecule has 0 aliphatic carbocycles. The van der Waals surface area contributed by atoms with Gasteiger partial charge in [-0.25, -0.2) is 0 Å². The molecule has 1 nitrogen and oxygen atoms in total. The third-order valence-electron chi connectivity index (χ3n) is 7.75. The van der Waals surface area contributed by atoms with E-state index in [0.717, 1.165) is 43.4 Å². The van der Waals surface area contributed by atoms with Crippen LogP contribution in [-0.4, -0.2) is 5.78 Å². The van der Waals surface area contributed by atoms with E-state index >= 15 is 0 Å². The van der Waals surface area contributed by atoms with Gasteiger partial charge in [0.05, 0.1) is 0 Å². The van der Waals surface area contributed by atoms with Crippen LogP contribution >= 0.6 is 0 Å². The first-order chi connectivity index (χ1) is 17.8. The topological polar surface area (TPSA) is 17.1 Å². The molecule has 36 heavy (non-hydrogen) atoms. The summed E-state index contributed by atoms with van der Waals surface area (Å²) < 4.78 is 0. The average Bonchev–Trinajstić information content (AvgIpc) is 2.93. The summed E-state index contributed by atoms with van der Waals surface area (Å²) >= 11 is 0. The van der Waals surface area contributed by atoms with Crippen molar-refractivity contribution in [2.45, 2.75) is 0 Å². The molecular formula is C35H20O. The van der Waals surface area contributed by atoms with Crippen LogP contribution in [0.25, 0.3) is 64.6 Å². The van der Waals surface area contributed by atoms with Gasteiger partial charge in [0.15, 0.2) is 5.78 Å². The zero-order chi connectivity index (χ0) is 23.8. The second kappa shape index (κ2) is 7.13. The standard InChI is InChI=1S/C35H20O/c36-35(28-15-6-12-25-19-23-7-1-2-8-24(23)20-31(25)28)30-18-17-22-11-4-14-27-26-13-3-9-21-10-5-16-29(32(21)26)34(30)33(22)27/h1-20H. The number of benzene rings is 8. The van der Waals surface area contributed by atoms with Crippen LogP contribution in [0.1, 0.15) is 15.9 Å². The van der Waals surface area contributed by atoms with Crippen molar-refractivity contribution in [1.29, 1.82) is 0 Å². The summed E-state index contributed by atoms with van der Waals surface area (Å²) in [5.74, 6) is 0.0685. The van der Waals surface area contributed by atoms with Gasteiger partial charge < -0.3 is 0 Å². The molecule has 0 aliphatic heterocycles. The molecule has 0 unspecified atom stereocenters. The van der Waals surface area contributed by atoms with Gasteiger partial charge in [-0.05, 0) is 77.4 Å². The Balaban J connectivity index is 1.51. The average molecular weight is 457 g/mol. The molecule has 8 rings (SSSR count). The zero-order valence-electron chi connectivity index (χ0n) is 19.5. The molecule has 1 heteroatoms. The van der Waals surface area contributed by atoms with Crippen molar-refractivity contribution in [3.8, 4) is 0 Å². The van der Waals surface area contributed by atoms with Crippen molar-refractivity contribution in [3.05, 3.63) is 132 Å². The number of hydrogen-bond donors (Lipinski definition) is 0. The minimum atomic E-state index is 0.0685. The molecule has 0 aliphatic rings. The smallest absolute Gasteiger partial charge is 0.194 e. The van der Waals surface area contributed by atoms with Crippen LogP contribution in [0.5, 0.6) is 0 Å².